The average Bonchev–Trinajstić information content (AvgIpc) is 2.93. The first-order valence-electron chi connectivity index (χ1n) is 12.8. The summed E-state index contributed by atoms with van der Waals surface area (Å²) in [6.07, 6.45) is -0.0977. The molecule has 210 valence electrons. The number of sulfonamides is 1. The normalized spacial score (nSPS) is 12.9. The van der Waals surface area contributed by atoms with Crippen LogP contribution in [0.1, 0.15) is 34.8 Å². The monoisotopic (exact) mass is 555 g/mol. The first kappa shape index (κ1) is 29.9. The molecule has 0 aliphatic carbocycles. The number of benzene rings is 3. The Kier molecular flexibility index (Phi) is 10.7. The highest BCUT2D eigenvalue weighted by atomic mass is 32.2. The molecule has 3 aromatic rings. The lowest BCUT2D eigenvalue weighted by Crippen LogP contribution is -2.48. The maximum Gasteiger partial charge on any atom is 0.251 e. The zero-order valence-corrected chi connectivity index (χ0v) is 23.3. The summed E-state index contributed by atoms with van der Waals surface area (Å²) < 4.78 is 31.4. The molecule has 10 heteroatoms. The molecule has 0 aliphatic heterocycles. The minimum absolute atomic E-state index is 0.00576. The standard InChI is InChI=1S/C29H37N3O6S/c1-4-15-39(36,37)32(2)24-12-8-11-22(17-24)29(35)31-26(16-21-9-6-5-7-10-21)28(34)20-30-19-23-18-25(38-3)13-14-27(23)33/h5-14,17-18,26,28,30,33-34H,4,15-16,19-20H2,1-3H3,(H,31,35)/t26-,28+/m0/s1. The number of aromatic hydroxyl groups is 1. The number of aliphatic hydroxyl groups excluding tert-OH is 1. The summed E-state index contributed by atoms with van der Waals surface area (Å²) in [6, 6.07) is 20.2. The van der Waals surface area contributed by atoms with Crippen LogP contribution in [0.25, 0.3) is 0 Å². The predicted octanol–water partition coefficient (Wildman–Crippen LogP) is 3.07. The van der Waals surface area contributed by atoms with E-state index in [-0.39, 0.29) is 30.2 Å². The minimum Gasteiger partial charge on any atom is -0.508 e. The van der Waals surface area contributed by atoms with E-state index in [1.807, 2.05) is 30.3 Å². The van der Waals surface area contributed by atoms with Gasteiger partial charge in [-0.2, -0.15) is 0 Å². The van der Waals surface area contributed by atoms with Gasteiger partial charge in [-0.05, 0) is 54.8 Å². The topological polar surface area (TPSA) is 128 Å². The van der Waals surface area contributed by atoms with Crippen molar-refractivity contribution in [2.45, 2.75) is 38.5 Å². The Morgan fingerprint density at radius 2 is 1.79 bits per heavy atom. The van der Waals surface area contributed by atoms with E-state index < -0.39 is 28.1 Å². The number of methoxy groups -OCH3 is 1. The van der Waals surface area contributed by atoms with Crippen molar-refractivity contribution in [2.75, 3.05) is 30.8 Å². The summed E-state index contributed by atoms with van der Waals surface area (Å²) in [5, 5.41) is 27.3. The van der Waals surface area contributed by atoms with Gasteiger partial charge in [0.15, 0.2) is 0 Å². The highest BCUT2D eigenvalue weighted by Gasteiger charge is 2.24. The van der Waals surface area contributed by atoms with Gasteiger partial charge in [-0.3, -0.25) is 9.10 Å². The molecule has 0 heterocycles. The molecule has 4 N–H and O–H groups in total. The van der Waals surface area contributed by atoms with Crippen molar-refractivity contribution in [2.24, 2.45) is 0 Å². The van der Waals surface area contributed by atoms with Crippen LogP contribution in [0.3, 0.4) is 0 Å². The zero-order chi connectivity index (χ0) is 28.4. The molecule has 0 aromatic heterocycles. The number of nitrogens with zero attached hydrogens (tertiary/aromatic N) is 1. The summed E-state index contributed by atoms with van der Waals surface area (Å²) in [5.74, 6) is 0.294. The fraction of sp³-hybridized carbons (Fsp3) is 0.345. The van der Waals surface area contributed by atoms with E-state index in [1.54, 1.807) is 50.4 Å². The lowest BCUT2D eigenvalue weighted by Gasteiger charge is -2.25. The van der Waals surface area contributed by atoms with Crippen LogP contribution in [0.2, 0.25) is 0 Å². The third-order valence-electron chi connectivity index (χ3n) is 6.39. The molecule has 3 aromatic carbocycles. The number of ether oxygens (including phenoxy) is 1. The van der Waals surface area contributed by atoms with E-state index in [0.29, 0.717) is 29.8 Å². The van der Waals surface area contributed by atoms with Crippen molar-refractivity contribution < 1.29 is 28.2 Å². The molecule has 0 saturated heterocycles. The Hall–Kier alpha value is -3.60. The molecule has 1 amide bonds. The van der Waals surface area contributed by atoms with Crippen molar-refractivity contribution >= 4 is 21.6 Å². The van der Waals surface area contributed by atoms with Gasteiger partial charge in [-0.25, -0.2) is 8.42 Å². The van der Waals surface area contributed by atoms with Crippen LogP contribution in [-0.2, 0) is 23.0 Å². The highest BCUT2D eigenvalue weighted by Crippen LogP contribution is 2.23. The summed E-state index contributed by atoms with van der Waals surface area (Å²) in [4.78, 5) is 13.3. The lowest BCUT2D eigenvalue weighted by molar-refractivity contribution is 0.0830. The second kappa shape index (κ2) is 14.0. The van der Waals surface area contributed by atoms with Crippen LogP contribution >= 0.6 is 0 Å². The van der Waals surface area contributed by atoms with E-state index in [1.165, 1.54) is 17.4 Å². The number of amides is 1. The van der Waals surface area contributed by atoms with Crippen molar-refractivity contribution in [3.63, 3.8) is 0 Å². The fourth-order valence-corrected chi connectivity index (χ4v) is 5.35. The van der Waals surface area contributed by atoms with Crippen LogP contribution in [0, 0.1) is 0 Å². The first-order valence-corrected chi connectivity index (χ1v) is 14.4. The molecular weight excluding hydrogens is 518 g/mol. The van der Waals surface area contributed by atoms with Crippen molar-refractivity contribution in [3.05, 3.63) is 89.5 Å². The second-order valence-corrected chi connectivity index (χ2v) is 11.4. The van der Waals surface area contributed by atoms with E-state index in [4.69, 9.17) is 4.74 Å². The Balaban J connectivity index is 1.74. The third kappa shape index (κ3) is 8.44. The molecule has 0 aliphatic rings. The molecule has 2 atom stereocenters. The summed E-state index contributed by atoms with van der Waals surface area (Å²) in [5.41, 5.74) is 2.22. The van der Waals surface area contributed by atoms with Crippen LogP contribution in [0.5, 0.6) is 11.5 Å². The van der Waals surface area contributed by atoms with Gasteiger partial charge in [0.2, 0.25) is 10.0 Å². The van der Waals surface area contributed by atoms with Gasteiger partial charge in [-0.15, -0.1) is 0 Å². The molecule has 0 spiro atoms. The van der Waals surface area contributed by atoms with Gasteiger partial charge in [0.05, 0.1) is 30.7 Å². The molecule has 0 fully saturated rings. The van der Waals surface area contributed by atoms with Crippen LogP contribution in [-0.4, -0.2) is 63.1 Å². The summed E-state index contributed by atoms with van der Waals surface area (Å²) in [7, 11) is -0.484. The van der Waals surface area contributed by atoms with E-state index in [9.17, 15) is 23.4 Å². The van der Waals surface area contributed by atoms with Crippen LogP contribution in [0.15, 0.2) is 72.8 Å². The molecule has 3 rings (SSSR count). The number of anilines is 1. The van der Waals surface area contributed by atoms with Crippen LogP contribution in [0.4, 0.5) is 5.69 Å². The number of aliphatic hydroxyl groups is 1. The molecular formula is C29H37N3O6S. The molecule has 0 radical (unpaired) electrons. The number of carbonyl (C=O) groups is 1. The smallest absolute Gasteiger partial charge is 0.251 e. The van der Waals surface area contributed by atoms with Crippen molar-refractivity contribution in [1.29, 1.82) is 0 Å². The van der Waals surface area contributed by atoms with Gasteiger partial charge in [0, 0.05) is 31.3 Å². The fourth-order valence-electron chi connectivity index (χ4n) is 4.13. The number of phenols is 1. The quantitative estimate of drug-likeness (QED) is 0.241. The zero-order valence-electron chi connectivity index (χ0n) is 22.5. The maximum atomic E-state index is 13.3. The molecule has 0 unspecified atom stereocenters. The number of hydrogen-bond acceptors (Lipinski definition) is 7. The maximum absolute atomic E-state index is 13.3. The van der Waals surface area contributed by atoms with E-state index >= 15 is 0 Å². The minimum atomic E-state index is -3.50. The Morgan fingerprint density at radius 3 is 2.49 bits per heavy atom. The summed E-state index contributed by atoms with van der Waals surface area (Å²) >= 11 is 0. The number of carbonyl (C=O) groups excluding carboxylic acids is 1. The molecule has 0 bridgehead atoms. The van der Waals surface area contributed by atoms with Gasteiger partial charge in [0.1, 0.15) is 11.5 Å². The predicted molar refractivity (Wildman–Crippen MR) is 153 cm³/mol. The third-order valence-corrected chi connectivity index (χ3v) is 8.36. The van der Waals surface area contributed by atoms with Crippen molar-refractivity contribution in [3.8, 4) is 11.5 Å². The number of phenolic OH excluding ortho intramolecular Hbond substituents is 1. The van der Waals surface area contributed by atoms with Crippen LogP contribution < -0.4 is 19.7 Å². The van der Waals surface area contributed by atoms with Gasteiger partial charge in [-0.1, -0.05) is 43.3 Å². The van der Waals surface area contributed by atoms with Gasteiger partial charge < -0.3 is 25.6 Å². The van der Waals surface area contributed by atoms with Gasteiger partial charge in [0.25, 0.3) is 5.91 Å². The Labute approximate surface area is 230 Å². The molecule has 0 saturated carbocycles. The number of rotatable bonds is 14. The second-order valence-electron chi connectivity index (χ2n) is 9.30. The van der Waals surface area contributed by atoms with E-state index in [0.717, 1.165) is 5.56 Å². The Morgan fingerprint density at radius 1 is 1.05 bits per heavy atom. The van der Waals surface area contributed by atoms with Crippen molar-refractivity contribution in [1.82, 2.24) is 10.6 Å². The number of hydrogen-bond donors (Lipinski definition) is 4. The molecule has 9 nitrogen and oxygen atoms in total. The largest absolute Gasteiger partial charge is 0.508 e. The van der Waals surface area contributed by atoms with Gasteiger partial charge >= 0.3 is 0 Å². The average molecular weight is 556 g/mol. The Bertz CT molecular complexity index is 1330. The summed E-state index contributed by atoms with van der Waals surface area (Å²) in [6.45, 7) is 2.22. The SMILES string of the molecule is CCCS(=O)(=O)N(C)c1cccc(C(=O)N[C@@H](Cc2ccccc2)[C@H](O)CNCc2cc(OC)ccc2O)c1. The first-order chi connectivity index (χ1) is 18.6. The highest BCUT2D eigenvalue weighted by molar-refractivity contribution is 7.92. The van der Waals surface area contributed by atoms with E-state index in [2.05, 4.69) is 10.6 Å². The lowest BCUT2D eigenvalue weighted by atomic mass is 10.00. The molecule has 39 heavy (non-hydrogen) atoms. The number of nitrogens with one attached hydrogen (secondary N) is 2.